The fourth-order valence-electron chi connectivity index (χ4n) is 1.02. The van der Waals surface area contributed by atoms with Gasteiger partial charge in [-0.2, -0.15) is 15.4 Å². The molecule has 0 unspecified atom stereocenters. The summed E-state index contributed by atoms with van der Waals surface area (Å²) in [5, 5.41) is 12.3. The second-order valence-electron chi connectivity index (χ2n) is 2.78. The Bertz CT molecular complexity index is 465. The lowest BCUT2D eigenvalue weighted by molar-refractivity contribution is 0.102. The molecule has 15 heavy (non-hydrogen) atoms. The van der Waals surface area contributed by atoms with E-state index in [-0.39, 0.29) is 17.5 Å². The molecular weight excluding hydrogens is 196 g/mol. The van der Waals surface area contributed by atoms with Gasteiger partial charge in [0.15, 0.2) is 5.69 Å². The fourth-order valence-corrected chi connectivity index (χ4v) is 1.02. The zero-order valence-electron chi connectivity index (χ0n) is 7.93. The Morgan fingerprint density at radius 1 is 1.33 bits per heavy atom. The van der Waals surface area contributed by atoms with Crippen LogP contribution in [0.15, 0.2) is 18.5 Å². The molecule has 0 radical (unpaired) electrons. The van der Waals surface area contributed by atoms with Crippen molar-refractivity contribution in [2.24, 2.45) is 0 Å². The van der Waals surface area contributed by atoms with Gasteiger partial charge in [-0.15, -0.1) is 0 Å². The number of hydrogen-bond donors (Lipinski definition) is 2. The first kappa shape index (κ1) is 9.25. The number of aromatic amines is 1. The quantitative estimate of drug-likeness (QED) is 0.726. The topological polar surface area (TPSA) is 96.5 Å². The zero-order chi connectivity index (χ0) is 10.7. The van der Waals surface area contributed by atoms with Gasteiger partial charge in [-0.3, -0.25) is 10.1 Å². The molecule has 2 aromatic heterocycles. The Balaban J connectivity index is 2.15. The van der Waals surface area contributed by atoms with Crippen molar-refractivity contribution in [3.8, 4) is 0 Å². The molecule has 0 aliphatic heterocycles. The summed E-state index contributed by atoms with van der Waals surface area (Å²) in [6.45, 7) is 1.68. The van der Waals surface area contributed by atoms with Gasteiger partial charge >= 0.3 is 0 Å². The van der Waals surface area contributed by atoms with E-state index in [1.807, 2.05) is 0 Å². The SMILES string of the molecule is Cc1n[nH]nc1C(=O)Nc1ncccn1. The number of hydrogen-bond acceptors (Lipinski definition) is 5. The van der Waals surface area contributed by atoms with E-state index >= 15 is 0 Å². The average molecular weight is 204 g/mol. The Hall–Kier alpha value is -2.31. The van der Waals surface area contributed by atoms with E-state index in [4.69, 9.17) is 0 Å². The van der Waals surface area contributed by atoms with Crippen LogP contribution in [0.1, 0.15) is 16.2 Å². The number of nitrogens with one attached hydrogen (secondary N) is 2. The van der Waals surface area contributed by atoms with Crippen LogP contribution in [0.5, 0.6) is 0 Å². The number of rotatable bonds is 2. The number of aryl methyl sites for hydroxylation is 1. The van der Waals surface area contributed by atoms with Crippen molar-refractivity contribution >= 4 is 11.9 Å². The lowest BCUT2D eigenvalue weighted by Gasteiger charge is -1.99. The molecule has 2 N–H and O–H groups in total. The first-order valence-corrected chi connectivity index (χ1v) is 4.23. The number of carbonyl (C=O) groups is 1. The fraction of sp³-hybridized carbons (Fsp3) is 0.125. The van der Waals surface area contributed by atoms with Gasteiger partial charge in [-0.1, -0.05) is 0 Å². The smallest absolute Gasteiger partial charge is 0.280 e. The van der Waals surface area contributed by atoms with Crippen LogP contribution in [0.2, 0.25) is 0 Å². The first-order valence-electron chi connectivity index (χ1n) is 4.23. The molecule has 0 bridgehead atoms. The van der Waals surface area contributed by atoms with Crippen molar-refractivity contribution in [3.63, 3.8) is 0 Å². The molecule has 7 nitrogen and oxygen atoms in total. The van der Waals surface area contributed by atoms with Crippen molar-refractivity contribution in [1.82, 2.24) is 25.4 Å². The highest BCUT2D eigenvalue weighted by molar-refractivity contribution is 6.02. The summed E-state index contributed by atoms with van der Waals surface area (Å²) in [5.74, 6) is -0.141. The van der Waals surface area contributed by atoms with E-state index in [0.717, 1.165) is 0 Å². The maximum absolute atomic E-state index is 11.6. The molecule has 0 aromatic carbocycles. The van der Waals surface area contributed by atoms with Crippen LogP contribution in [0.3, 0.4) is 0 Å². The van der Waals surface area contributed by atoms with Crippen LogP contribution in [-0.4, -0.2) is 31.3 Å². The molecule has 0 fully saturated rings. The van der Waals surface area contributed by atoms with Crippen LogP contribution in [-0.2, 0) is 0 Å². The van der Waals surface area contributed by atoms with Crippen LogP contribution in [0.25, 0.3) is 0 Å². The van der Waals surface area contributed by atoms with Gasteiger partial charge in [0.25, 0.3) is 5.91 Å². The summed E-state index contributed by atoms with van der Waals surface area (Å²) in [4.78, 5) is 19.3. The van der Waals surface area contributed by atoms with Crippen molar-refractivity contribution in [2.45, 2.75) is 6.92 Å². The molecule has 2 aromatic rings. The number of nitrogens with zero attached hydrogens (tertiary/aromatic N) is 4. The highest BCUT2D eigenvalue weighted by atomic mass is 16.2. The standard InChI is InChI=1S/C8H8N6O/c1-5-6(13-14-12-5)7(15)11-8-9-3-2-4-10-8/h2-4H,1H3,(H,12,13,14)(H,9,10,11,15). The van der Waals surface area contributed by atoms with Crippen molar-refractivity contribution in [2.75, 3.05) is 5.32 Å². The largest absolute Gasteiger partial charge is 0.289 e. The molecule has 0 aliphatic carbocycles. The van der Waals surface area contributed by atoms with Crippen LogP contribution in [0.4, 0.5) is 5.95 Å². The monoisotopic (exact) mass is 204 g/mol. The minimum atomic E-state index is -0.382. The highest BCUT2D eigenvalue weighted by Crippen LogP contribution is 2.02. The minimum absolute atomic E-state index is 0.238. The molecule has 76 valence electrons. The van der Waals surface area contributed by atoms with Gasteiger partial charge in [-0.05, 0) is 13.0 Å². The molecule has 2 heterocycles. The molecule has 0 saturated carbocycles. The Labute approximate surface area is 85.0 Å². The summed E-state index contributed by atoms with van der Waals surface area (Å²) in [6.07, 6.45) is 3.08. The maximum Gasteiger partial charge on any atom is 0.280 e. The lowest BCUT2D eigenvalue weighted by Crippen LogP contribution is -2.15. The van der Waals surface area contributed by atoms with E-state index < -0.39 is 0 Å². The molecule has 0 saturated heterocycles. The number of anilines is 1. The minimum Gasteiger partial charge on any atom is -0.289 e. The number of amides is 1. The Morgan fingerprint density at radius 3 is 2.67 bits per heavy atom. The van der Waals surface area contributed by atoms with Crippen LogP contribution < -0.4 is 5.32 Å². The molecule has 7 heteroatoms. The van der Waals surface area contributed by atoms with Gasteiger partial charge in [0, 0.05) is 12.4 Å². The molecule has 1 amide bonds. The summed E-state index contributed by atoms with van der Waals surface area (Å²) >= 11 is 0. The van der Waals surface area contributed by atoms with Crippen molar-refractivity contribution in [3.05, 3.63) is 29.8 Å². The van der Waals surface area contributed by atoms with Gasteiger partial charge in [-0.25, -0.2) is 9.97 Å². The van der Waals surface area contributed by atoms with Crippen molar-refractivity contribution < 1.29 is 4.79 Å². The molecular formula is C8H8N6O. The summed E-state index contributed by atoms with van der Waals surface area (Å²) in [5.41, 5.74) is 0.769. The summed E-state index contributed by atoms with van der Waals surface area (Å²) < 4.78 is 0. The van der Waals surface area contributed by atoms with Gasteiger partial charge in [0.1, 0.15) is 0 Å². The first-order chi connectivity index (χ1) is 7.27. The molecule has 0 aliphatic rings. The third kappa shape index (κ3) is 1.96. The van der Waals surface area contributed by atoms with Gasteiger partial charge < -0.3 is 0 Å². The second kappa shape index (κ2) is 3.82. The third-order valence-electron chi connectivity index (χ3n) is 1.73. The lowest BCUT2D eigenvalue weighted by atomic mass is 10.3. The van der Waals surface area contributed by atoms with Crippen molar-refractivity contribution in [1.29, 1.82) is 0 Å². The third-order valence-corrected chi connectivity index (χ3v) is 1.73. The van der Waals surface area contributed by atoms with E-state index in [1.165, 1.54) is 12.4 Å². The Morgan fingerprint density at radius 2 is 2.07 bits per heavy atom. The zero-order valence-corrected chi connectivity index (χ0v) is 7.93. The predicted molar refractivity (Wildman–Crippen MR) is 51.1 cm³/mol. The molecule has 0 spiro atoms. The number of aromatic nitrogens is 5. The highest BCUT2D eigenvalue weighted by Gasteiger charge is 2.13. The van der Waals surface area contributed by atoms with Crippen LogP contribution in [0, 0.1) is 6.92 Å². The predicted octanol–water partition coefficient (Wildman–Crippen LogP) is 0.155. The van der Waals surface area contributed by atoms with E-state index in [0.29, 0.717) is 5.69 Å². The second-order valence-corrected chi connectivity index (χ2v) is 2.78. The average Bonchev–Trinajstić information content (AvgIpc) is 2.66. The normalized spacial score (nSPS) is 9.93. The summed E-state index contributed by atoms with van der Waals surface area (Å²) in [7, 11) is 0. The van der Waals surface area contributed by atoms with Crippen LogP contribution >= 0.6 is 0 Å². The molecule has 0 atom stereocenters. The van der Waals surface area contributed by atoms with Gasteiger partial charge in [0.05, 0.1) is 5.69 Å². The number of H-pyrrole nitrogens is 1. The molecule has 2 rings (SSSR count). The Kier molecular flexibility index (Phi) is 2.36. The summed E-state index contributed by atoms with van der Waals surface area (Å²) in [6, 6.07) is 1.66. The van der Waals surface area contributed by atoms with Gasteiger partial charge in [0.2, 0.25) is 5.95 Å². The van der Waals surface area contributed by atoms with E-state index in [9.17, 15) is 4.79 Å². The van der Waals surface area contributed by atoms with E-state index in [2.05, 4.69) is 30.7 Å². The van der Waals surface area contributed by atoms with E-state index in [1.54, 1.807) is 13.0 Å². The maximum atomic E-state index is 11.6. The number of carbonyl (C=O) groups excluding carboxylic acids is 1.